The first-order chi connectivity index (χ1) is 14.2. The van der Waals surface area contributed by atoms with E-state index in [0.29, 0.717) is 11.4 Å². The Balaban J connectivity index is 1.38. The maximum Gasteiger partial charge on any atom is 0.253 e. The fraction of sp³-hybridized carbons (Fsp3) is 0.333. The van der Waals surface area contributed by atoms with E-state index in [1.54, 1.807) is 13.3 Å². The van der Waals surface area contributed by atoms with Crippen LogP contribution in [-0.4, -0.2) is 31.0 Å². The molecule has 0 spiro atoms. The molecule has 1 aliphatic rings. The molecule has 1 amide bonds. The Labute approximate surface area is 171 Å². The molecule has 2 heterocycles. The highest BCUT2D eigenvalue weighted by Gasteiger charge is 2.23. The molecular formula is C24H26N2O3. The molecule has 1 aromatic heterocycles. The highest BCUT2D eigenvalue weighted by Crippen LogP contribution is 2.27. The van der Waals surface area contributed by atoms with E-state index >= 15 is 0 Å². The van der Waals surface area contributed by atoms with Gasteiger partial charge in [0.25, 0.3) is 5.91 Å². The minimum Gasteiger partial charge on any atom is -0.618 e. The number of aromatic nitrogens is 1. The summed E-state index contributed by atoms with van der Waals surface area (Å²) in [5.74, 6) is 1.48. The minimum absolute atomic E-state index is 0.130. The van der Waals surface area contributed by atoms with Crippen LogP contribution >= 0.6 is 0 Å². The van der Waals surface area contributed by atoms with Crippen LogP contribution in [0.3, 0.4) is 0 Å². The number of likely N-dealkylation sites (tertiary alicyclic amines) is 1. The Hall–Kier alpha value is -3.08. The average Bonchev–Trinajstić information content (AvgIpc) is 2.79. The van der Waals surface area contributed by atoms with Crippen LogP contribution in [0.4, 0.5) is 0 Å². The third-order valence-corrected chi connectivity index (χ3v) is 5.94. The van der Waals surface area contributed by atoms with Crippen LogP contribution in [0, 0.1) is 11.1 Å². The van der Waals surface area contributed by atoms with E-state index in [-0.39, 0.29) is 5.91 Å². The number of rotatable bonds is 5. The number of benzene rings is 2. The van der Waals surface area contributed by atoms with Gasteiger partial charge in [0.15, 0.2) is 6.20 Å². The van der Waals surface area contributed by atoms with Crippen LogP contribution in [-0.2, 0) is 6.42 Å². The molecule has 29 heavy (non-hydrogen) atoms. The number of nitrogens with zero attached hydrogens (tertiary/aromatic N) is 2. The summed E-state index contributed by atoms with van der Waals surface area (Å²) in [7, 11) is 1.64. The topological polar surface area (TPSA) is 56.5 Å². The molecular weight excluding hydrogens is 364 g/mol. The van der Waals surface area contributed by atoms with Crippen molar-refractivity contribution in [3.8, 4) is 5.75 Å². The predicted molar refractivity (Wildman–Crippen MR) is 113 cm³/mol. The molecule has 0 radical (unpaired) electrons. The summed E-state index contributed by atoms with van der Waals surface area (Å²) < 4.78 is 6.24. The van der Waals surface area contributed by atoms with Crippen LogP contribution in [0.15, 0.2) is 60.8 Å². The number of ether oxygens (including phenoxy) is 1. The Kier molecular flexibility index (Phi) is 5.65. The molecule has 4 rings (SSSR count). The number of hydrogen-bond acceptors (Lipinski definition) is 3. The van der Waals surface area contributed by atoms with Gasteiger partial charge in [-0.2, -0.15) is 4.73 Å². The monoisotopic (exact) mass is 390 g/mol. The van der Waals surface area contributed by atoms with Crippen molar-refractivity contribution in [1.82, 2.24) is 4.90 Å². The lowest BCUT2D eigenvalue weighted by Gasteiger charge is -2.32. The van der Waals surface area contributed by atoms with Crippen LogP contribution in [0.25, 0.3) is 10.9 Å². The number of methoxy groups -OCH3 is 1. The molecule has 0 bridgehead atoms. The summed E-state index contributed by atoms with van der Waals surface area (Å²) in [6.45, 7) is 1.62. The van der Waals surface area contributed by atoms with Gasteiger partial charge < -0.3 is 14.8 Å². The lowest BCUT2D eigenvalue weighted by Crippen LogP contribution is -2.38. The van der Waals surface area contributed by atoms with Crippen LogP contribution in [0.5, 0.6) is 5.75 Å². The number of carbonyl (C=O) groups is 1. The van der Waals surface area contributed by atoms with Gasteiger partial charge in [-0.15, -0.1) is 0 Å². The Morgan fingerprint density at radius 1 is 1.14 bits per heavy atom. The normalized spacial score (nSPS) is 14.9. The van der Waals surface area contributed by atoms with E-state index in [4.69, 9.17) is 4.74 Å². The third kappa shape index (κ3) is 4.19. The van der Waals surface area contributed by atoms with Crippen molar-refractivity contribution in [1.29, 1.82) is 0 Å². The van der Waals surface area contributed by atoms with E-state index in [1.807, 2.05) is 59.5 Å². The summed E-state index contributed by atoms with van der Waals surface area (Å²) in [5.41, 5.74) is 2.61. The van der Waals surface area contributed by atoms with Gasteiger partial charge >= 0.3 is 0 Å². The molecule has 150 valence electrons. The molecule has 1 aliphatic heterocycles. The van der Waals surface area contributed by atoms with Crippen molar-refractivity contribution < 1.29 is 14.3 Å². The Morgan fingerprint density at radius 2 is 1.90 bits per heavy atom. The molecule has 0 atom stereocenters. The number of carbonyl (C=O) groups excluding carboxylic acids is 1. The van der Waals surface area contributed by atoms with Crippen molar-refractivity contribution >= 4 is 16.8 Å². The molecule has 2 aromatic carbocycles. The van der Waals surface area contributed by atoms with Gasteiger partial charge in [-0.3, -0.25) is 4.79 Å². The van der Waals surface area contributed by atoms with E-state index in [0.717, 1.165) is 60.2 Å². The summed E-state index contributed by atoms with van der Waals surface area (Å²) >= 11 is 0. The maximum absolute atomic E-state index is 12.6. The summed E-state index contributed by atoms with van der Waals surface area (Å²) in [4.78, 5) is 14.6. The predicted octanol–water partition coefficient (Wildman–Crippen LogP) is 3.97. The molecule has 1 fully saturated rings. The molecule has 0 N–H and O–H groups in total. The fourth-order valence-electron chi connectivity index (χ4n) is 4.18. The van der Waals surface area contributed by atoms with Crippen molar-refractivity contribution in [2.45, 2.75) is 25.7 Å². The van der Waals surface area contributed by atoms with E-state index < -0.39 is 0 Å². The highest BCUT2D eigenvalue weighted by molar-refractivity contribution is 5.94. The van der Waals surface area contributed by atoms with Crippen LogP contribution in [0.1, 0.15) is 35.2 Å². The van der Waals surface area contributed by atoms with Gasteiger partial charge in [0.05, 0.1) is 12.5 Å². The van der Waals surface area contributed by atoms with Gasteiger partial charge in [0.1, 0.15) is 5.75 Å². The van der Waals surface area contributed by atoms with Crippen LogP contribution < -0.4 is 9.47 Å². The SMILES string of the molecule is COc1ccc2c(c1)c(CCC1CCN(C(=O)c3ccccc3)CC1)cc[n+]2[O-]. The first kappa shape index (κ1) is 19.2. The number of fused-ring (bicyclic) bond motifs is 1. The standard InChI is InChI=1S/C24H26N2O3/c1-29-21-9-10-23-22(17-21)19(13-16-26(23)28)8-7-18-11-14-25(15-12-18)24(27)20-5-3-2-4-6-20/h2-6,9-10,13,16-18H,7-8,11-12,14-15H2,1H3. The number of amides is 1. The lowest BCUT2D eigenvalue weighted by molar-refractivity contribution is -0.577. The zero-order valence-electron chi connectivity index (χ0n) is 16.7. The second-order valence-corrected chi connectivity index (χ2v) is 7.69. The van der Waals surface area contributed by atoms with Gasteiger partial charge in [-0.25, -0.2) is 0 Å². The molecule has 3 aromatic rings. The fourth-order valence-corrected chi connectivity index (χ4v) is 4.18. The Morgan fingerprint density at radius 3 is 2.62 bits per heavy atom. The quantitative estimate of drug-likeness (QED) is 0.489. The van der Waals surface area contributed by atoms with Crippen LogP contribution in [0.2, 0.25) is 0 Å². The first-order valence-corrected chi connectivity index (χ1v) is 10.2. The zero-order valence-corrected chi connectivity index (χ0v) is 16.7. The zero-order chi connectivity index (χ0) is 20.2. The largest absolute Gasteiger partial charge is 0.618 e. The lowest BCUT2D eigenvalue weighted by atomic mass is 9.89. The van der Waals surface area contributed by atoms with Gasteiger partial charge in [-0.1, -0.05) is 18.2 Å². The van der Waals surface area contributed by atoms with Gasteiger partial charge in [0.2, 0.25) is 5.52 Å². The molecule has 5 nitrogen and oxygen atoms in total. The van der Waals surface area contributed by atoms with Crippen molar-refractivity contribution in [2.75, 3.05) is 20.2 Å². The number of aryl methyl sites for hydroxylation is 1. The van der Waals surface area contributed by atoms with E-state index in [2.05, 4.69) is 0 Å². The number of pyridine rings is 1. The van der Waals surface area contributed by atoms with Gasteiger partial charge in [-0.05, 0) is 61.4 Å². The number of piperidine rings is 1. The molecule has 5 heteroatoms. The van der Waals surface area contributed by atoms with E-state index in [1.165, 1.54) is 5.56 Å². The molecule has 0 aliphatic carbocycles. The number of hydrogen-bond donors (Lipinski definition) is 0. The second-order valence-electron chi connectivity index (χ2n) is 7.69. The molecule has 0 saturated carbocycles. The summed E-state index contributed by atoms with van der Waals surface area (Å²) in [6, 6.07) is 17.0. The Bertz CT molecular complexity index is 996. The minimum atomic E-state index is 0.130. The second kappa shape index (κ2) is 8.52. The van der Waals surface area contributed by atoms with Gasteiger partial charge in [0, 0.05) is 30.8 Å². The summed E-state index contributed by atoms with van der Waals surface area (Å²) in [5, 5.41) is 13.0. The molecule has 0 unspecified atom stereocenters. The van der Waals surface area contributed by atoms with Crippen molar-refractivity contribution in [3.63, 3.8) is 0 Å². The van der Waals surface area contributed by atoms with E-state index in [9.17, 15) is 10.0 Å². The third-order valence-electron chi connectivity index (χ3n) is 5.94. The van der Waals surface area contributed by atoms with Crippen molar-refractivity contribution in [3.05, 3.63) is 77.1 Å². The maximum atomic E-state index is 12.6. The first-order valence-electron chi connectivity index (χ1n) is 10.2. The molecule has 1 saturated heterocycles. The highest BCUT2D eigenvalue weighted by atomic mass is 16.5. The smallest absolute Gasteiger partial charge is 0.253 e. The van der Waals surface area contributed by atoms with Crippen molar-refractivity contribution in [2.24, 2.45) is 5.92 Å². The average molecular weight is 390 g/mol. The summed E-state index contributed by atoms with van der Waals surface area (Å²) in [6.07, 6.45) is 5.61.